The SMILES string of the molecule is CCN(CCO)C(=O)c1cc(OCC(F)(F)F)ccc1[N+](=O)[O-]. The summed E-state index contributed by atoms with van der Waals surface area (Å²) in [5.74, 6) is -1.08. The molecule has 0 fully saturated rings. The summed E-state index contributed by atoms with van der Waals surface area (Å²) in [5.41, 5.74) is -0.948. The predicted octanol–water partition coefficient (Wildman–Crippen LogP) is 1.99. The van der Waals surface area contributed by atoms with Crippen molar-refractivity contribution in [2.24, 2.45) is 0 Å². The highest BCUT2D eigenvalue weighted by molar-refractivity contribution is 5.98. The third kappa shape index (κ3) is 5.40. The Labute approximate surface area is 129 Å². The number of hydrogen-bond donors (Lipinski definition) is 1. The fourth-order valence-corrected chi connectivity index (χ4v) is 1.79. The number of hydrogen-bond acceptors (Lipinski definition) is 5. The van der Waals surface area contributed by atoms with Gasteiger partial charge in [-0.15, -0.1) is 0 Å². The first-order chi connectivity index (χ1) is 10.7. The number of aliphatic hydroxyl groups excluding tert-OH is 1. The molecule has 0 aromatic heterocycles. The Bertz CT molecular complexity index is 577. The molecule has 0 aliphatic carbocycles. The summed E-state index contributed by atoms with van der Waals surface area (Å²) in [6.07, 6.45) is -4.57. The van der Waals surface area contributed by atoms with Gasteiger partial charge in [0, 0.05) is 19.2 Å². The second-order valence-corrected chi connectivity index (χ2v) is 4.45. The molecule has 1 aromatic rings. The van der Waals surface area contributed by atoms with Crippen LogP contribution >= 0.6 is 0 Å². The quantitative estimate of drug-likeness (QED) is 0.607. The molecule has 1 N–H and O–H groups in total. The maximum absolute atomic E-state index is 12.3. The normalized spacial score (nSPS) is 11.2. The van der Waals surface area contributed by atoms with E-state index in [9.17, 15) is 28.1 Å². The number of aliphatic hydroxyl groups is 1. The maximum Gasteiger partial charge on any atom is 0.422 e. The maximum atomic E-state index is 12.3. The average Bonchev–Trinajstić information content (AvgIpc) is 2.48. The summed E-state index contributed by atoms with van der Waals surface area (Å²) in [6.45, 7) is -0.210. The Morgan fingerprint density at radius 2 is 2.09 bits per heavy atom. The number of carbonyl (C=O) groups excluding carboxylic acids is 1. The molecular weight excluding hydrogens is 321 g/mol. The van der Waals surface area contributed by atoms with Gasteiger partial charge in [0.25, 0.3) is 11.6 Å². The van der Waals surface area contributed by atoms with Crippen LogP contribution in [0.25, 0.3) is 0 Å². The fraction of sp³-hybridized carbons (Fsp3) is 0.462. The van der Waals surface area contributed by atoms with Crippen LogP contribution < -0.4 is 4.74 Å². The topological polar surface area (TPSA) is 92.9 Å². The van der Waals surface area contributed by atoms with E-state index in [4.69, 9.17) is 5.11 Å². The van der Waals surface area contributed by atoms with Gasteiger partial charge in [-0.05, 0) is 19.1 Å². The van der Waals surface area contributed by atoms with Crippen molar-refractivity contribution in [2.75, 3.05) is 26.3 Å². The average molecular weight is 336 g/mol. The van der Waals surface area contributed by atoms with E-state index in [0.29, 0.717) is 0 Å². The van der Waals surface area contributed by atoms with Crippen molar-refractivity contribution in [3.8, 4) is 5.75 Å². The summed E-state index contributed by atoms with van der Waals surface area (Å²) in [5, 5.41) is 19.9. The lowest BCUT2D eigenvalue weighted by Gasteiger charge is -2.20. The lowest BCUT2D eigenvalue weighted by atomic mass is 10.1. The minimum atomic E-state index is -4.57. The molecule has 10 heteroatoms. The highest BCUT2D eigenvalue weighted by Crippen LogP contribution is 2.27. The van der Waals surface area contributed by atoms with Gasteiger partial charge in [0.1, 0.15) is 11.3 Å². The fourth-order valence-electron chi connectivity index (χ4n) is 1.79. The predicted molar refractivity (Wildman–Crippen MR) is 73.3 cm³/mol. The van der Waals surface area contributed by atoms with Crippen molar-refractivity contribution in [1.29, 1.82) is 0 Å². The molecule has 0 aliphatic rings. The highest BCUT2D eigenvalue weighted by Gasteiger charge is 2.29. The molecule has 0 heterocycles. The molecule has 0 radical (unpaired) electrons. The smallest absolute Gasteiger partial charge is 0.422 e. The molecular formula is C13H15F3N2O5. The van der Waals surface area contributed by atoms with Crippen LogP contribution in [0.4, 0.5) is 18.9 Å². The Balaban J connectivity index is 3.15. The number of rotatable bonds is 7. The van der Waals surface area contributed by atoms with Gasteiger partial charge >= 0.3 is 6.18 Å². The first-order valence-electron chi connectivity index (χ1n) is 6.57. The molecule has 7 nitrogen and oxygen atoms in total. The number of nitro benzene ring substituents is 1. The second-order valence-electron chi connectivity index (χ2n) is 4.45. The van der Waals surface area contributed by atoms with Crippen LogP contribution in [-0.4, -0.2) is 53.3 Å². The molecule has 0 saturated carbocycles. The molecule has 1 rings (SSSR count). The van der Waals surface area contributed by atoms with Crippen LogP contribution in [0.5, 0.6) is 5.75 Å². The first kappa shape index (κ1) is 18.7. The minimum Gasteiger partial charge on any atom is -0.484 e. The van der Waals surface area contributed by atoms with Crippen molar-refractivity contribution >= 4 is 11.6 Å². The molecule has 0 aliphatic heterocycles. The van der Waals surface area contributed by atoms with Crippen LogP contribution in [0.1, 0.15) is 17.3 Å². The Morgan fingerprint density at radius 1 is 1.43 bits per heavy atom. The molecule has 128 valence electrons. The van der Waals surface area contributed by atoms with E-state index in [2.05, 4.69) is 4.74 Å². The zero-order chi connectivity index (χ0) is 17.6. The molecule has 0 spiro atoms. The Kier molecular flexibility index (Phi) is 6.31. The van der Waals surface area contributed by atoms with Gasteiger partial charge in [-0.1, -0.05) is 0 Å². The standard InChI is InChI=1S/C13H15F3N2O5/c1-2-17(5-6-19)12(20)10-7-9(23-8-13(14,15)16)3-4-11(10)18(21)22/h3-4,7,19H,2,5-6,8H2,1H3. The Hall–Kier alpha value is -2.36. The van der Waals surface area contributed by atoms with Gasteiger partial charge in [0.2, 0.25) is 0 Å². The van der Waals surface area contributed by atoms with Gasteiger partial charge in [0.15, 0.2) is 6.61 Å². The number of carbonyl (C=O) groups is 1. The lowest BCUT2D eigenvalue weighted by Crippen LogP contribution is -2.33. The number of amides is 1. The zero-order valence-corrected chi connectivity index (χ0v) is 12.2. The van der Waals surface area contributed by atoms with E-state index in [1.807, 2.05) is 0 Å². The van der Waals surface area contributed by atoms with Crippen molar-refractivity contribution in [3.05, 3.63) is 33.9 Å². The van der Waals surface area contributed by atoms with Gasteiger partial charge in [-0.2, -0.15) is 13.2 Å². The molecule has 23 heavy (non-hydrogen) atoms. The number of halogens is 3. The lowest BCUT2D eigenvalue weighted by molar-refractivity contribution is -0.385. The van der Waals surface area contributed by atoms with E-state index >= 15 is 0 Å². The number of benzene rings is 1. The van der Waals surface area contributed by atoms with Crippen molar-refractivity contribution < 1.29 is 32.7 Å². The van der Waals surface area contributed by atoms with E-state index in [0.717, 1.165) is 23.1 Å². The Morgan fingerprint density at radius 3 is 2.57 bits per heavy atom. The largest absolute Gasteiger partial charge is 0.484 e. The first-order valence-corrected chi connectivity index (χ1v) is 6.57. The van der Waals surface area contributed by atoms with Crippen molar-refractivity contribution in [2.45, 2.75) is 13.1 Å². The number of alkyl halides is 3. The van der Waals surface area contributed by atoms with Gasteiger partial charge < -0.3 is 14.7 Å². The van der Waals surface area contributed by atoms with Crippen LogP contribution in [0.15, 0.2) is 18.2 Å². The van der Waals surface area contributed by atoms with Crippen LogP contribution in [0, 0.1) is 10.1 Å². The number of likely N-dealkylation sites (N-methyl/N-ethyl adjacent to an activating group) is 1. The third-order valence-electron chi connectivity index (χ3n) is 2.84. The number of ether oxygens (including phenoxy) is 1. The summed E-state index contributed by atoms with van der Waals surface area (Å²) in [7, 11) is 0. The number of nitrogens with zero attached hydrogens (tertiary/aromatic N) is 2. The number of nitro groups is 1. The van der Waals surface area contributed by atoms with Crippen molar-refractivity contribution in [1.82, 2.24) is 4.90 Å². The molecule has 1 aromatic carbocycles. The summed E-state index contributed by atoms with van der Waals surface area (Å²) >= 11 is 0. The monoisotopic (exact) mass is 336 g/mol. The van der Waals surface area contributed by atoms with E-state index in [1.54, 1.807) is 6.92 Å². The van der Waals surface area contributed by atoms with Crippen LogP contribution in [-0.2, 0) is 0 Å². The molecule has 0 unspecified atom stereocenters. The van der Waals surface area contributed by atoms with E-state index in [1.165, 1.54) is 0 Å². The van der Waals surface area contributed by atoms with E-state index < -0.39 is 34.9 Å². The zero-order valence-electron chi connectivity index (χ0n) is 12.2. The molecule has 0 saturated heterocycles. The van der Waals surface area contributed by atoms with Crippen molar-refractivity contribution in [3.63, 3.8) is 0 Å². The van der Waals surface area contributed by atoms with Crippen LogP contribution in [0.3, 0.4) is 0 Å². The van der Waals surface area contributed by atoms with Gasteiger partial charge in [-0.3, -0.25) is 14.9 Å². The van der Waals surface area contributed by atoms with E-state index in [-0.39, 0.29) is 25.4 Å². The molecule has 0 atom stereocenters. The highest BCUT2D eigenvalue weighted by atomic mass is 19.4. The third-order valence-corrected chi connectivity index (χ3v) is 2.84. The minimum absolute atomic E-state index is 0.0554. The molecule has 1 amide bonds. The van der Waals surface area contributed by atoms with Gasteiger partial charge in [-0.25, -0.2) is 0 Å². The summed E-state index contributed by atoms with van der Waals surface area (Å²) in [6, 6.07) is 2.79. The summed E-state index contributed by atoms with van der Waals surface area (Å²) < 4.78 is 41.0. The van der Waals surface area contributed by atoms with Crippen LogP contribution in [0.2, 0.25) is 0 Å². The molecule has 0 bridgehead atoms. The van der Waals surface area contributed by atoms with Gasteiger partial charge in [0.05, 0.1) is 11.5 Å². The second kappa shape index (κ2) is 7.77. The summed E-state index contributed by atoms with van der Waals surface area (Å²) in [4.78, 5) is 23.6.